The van der Waals surface area contributed by atoms with E-state index in [-0.39, 0.29) is 24.2 Å². The highest BCUT2D eigenvalue weighted by molar-refractivity contribution is 6.51. The third kappa shape index (κ3) is 4.53. The normalized spacial score (nSPS) is 18.2. The summed E-state index contributed by atoms with van der Waals surface area (Å²) >= 11 is 0. The van der Waals surface area contributed by atoms with Gasteiger partial charge in [-0.3, -0.25) is 14.5 Å². The van der Waals surface area contributed by atoms with Crippen LogP contribution in [0.15, 0.2) is 72.3 Å². The van der Waals surface area contributed by atoms with Crippen molar-refractivity contribution >= 4 is 23.1 Å². The Labute approximate surface area is 215 Å². The molecule has 0 bridgehead atoms. The highest BCUT2D eigenvalue weighted by atomic mass is 16.7. The standard InChI is InChI=1S/C30H29NO6/c1-17(2)19-5-10-22(11-6-19)31-27(20-7-12-23(13-8-20)37-18(3)4)26(29(33)30(31)34)28(32)21-9-14-24-25(15-21)36-16-35-24/h5-15,17-18,27,32H,16H2,1-4H3/b28-26-. The third-order valence-electron chi connectivity index (χ3n) is 6.50. The van der Waals surface area contributed by atoms with Crippen LogP contribution >= 0.6 is 0 Å². The fourth-order valence-corrected chi connectivity index (χ4v) is 4.63. The highest BCUT2D eigenvalue weighted by Gasteiger charge is 2.47. The molecule has 7 nitrogen and oxygen atoms in total. The molecule has 0 aliphatic carbocycles. The molecule has 1 saturated heterocycles. The molecule has 2 aliphatic rings. The van der Waals surface area contributed by atoms with Crippen LogP contribution in [0.3, 0.4) is 0 Å². The minimum atomic E-state index is -0.830. The summed E-state index contributed by atoms with van der Waals surface area (Å²) in [6.07, 6.45) is 0.00182. The number of aliphatic hydroxyl groups excluding tert-OH is 1. The zero-order valence-electron chi connectivity index (χ0n) is 21.2. The summed E-state index contributed by atoms with van der Waals surface area (Å²) in [5, 5.41) is 11.4. The molecule has 37 heavy (non-hydrogen) atoms. The molecule has 190 valence electrons. The van der Waals surface area contributed by atoms with Crippen LogP contribution in [0, 0.1) is 0 Å². The Hall–Kier alpha value is -4.26. The number of rotatable bonds is 6. The van der Waals surface area contributed by atoms with Gasteiger partial charge in [0.2, 0.25) is 6.79 Å². The second kappa shape index (κ2) is 9.65. The number of carbonyl (C=O) groups excluding carboxylic acids is 2. The molecule has 0 saturated carbocycles. The van der Waals surface area contributed by atoms with Crippen LogP contribution in [-0.4, -0.2) is 29.7 Å². The van der Waals surface area contributed by atoms with Gasteiger partial charge in [-0.05, 0) is 73.4 Å². The average molecular weight is 500 g/mol. The zero-order valence-corrected chi connectivity index (χ0v) is 21.2. The molecule has 1 atom stereocenters. The fraction of sp³-hybridized carbons (Fsp3) is 0.267. The quantitative estimate of drug-likeness (QED) is 0.256. The molecular formula is C30H29NO6. The Kier molecular flexibility index (Phi) is 6.38. The smallest absolute Gasteiger partial charge is 0.300 e. The van der Waals surface area contributed by atoms with Gasteiger partial charge in [0.25, 0.3) is 11.7 Å². The number of nitrogens with zero attached hydrogens (tertiary/aromatic N) is 1. The first-order chi connectivity index (χ1) is 17.7. The van der Waals surface area contributed by atoms with Gasteiger partial charge in [-0.25, -0.2) is 0 Å². The molecule has 2 aliphatic heterocycles. The van der Waals surface area contributed by atoms with Gasteiger partial charge in [-0.2, -0.15) is 0 Å². The Balaban J connectivity index is 1.64. The zero-order chi connectivity index (χ0) is 26.3. The lowest BCUT2D eigenvalue weighted by atomic mass is 9.94. The second-order valence-electron chi connectivity index (χ2n) is 9.72. The molecule has 1 unspecified atom stereocenters. The summed E-state index contributed by atoms with van der Waals surface area (Å²) < 4.78 is 16.6. The molecule has 3 aromatic carbocycles. The molecule has 0 radical (unpaired) electrons. The van der Waals surface area contributed by atoms with E-state index in [0.29, 0.717) is 40.0 Å². The van der Waals surface area contributed by atoms with Crippen molar-refractivity contribution in [1.82, 2.24) is 0 Å². The molecule has 1 amide bonds. The maximum Gasteiger partial charge on any atom is 0.300 e. The summed E-state index contributed by atoms with van der Waals surface area (Å²) in [6.45, 7) is 8.14. The van der Waals surface area contributed by atoms with E-state index in [1.165, 1.54) is 4.90 Å². The lowest BCUT2D eigenvalue weighted by Gasteiger charge is -2.26. The number of benzene rings is 3. The fourth-order valence-electron chi connectivity index (χ4n) is 4.63. The van der Waals surface area contributed by atoms with Gasteiger partial charge in [0, 0.05) is 11.3 Å². The van der Waals surface area contributed by atoms with Gasteiger partial charge in [0.15, 0.2) is 11.5 Å². The minimum Gasteiger partial charge on any atom is -0.507 e. The highest BCUT2D eigenvalue weighted by Crippen LogP contribution is 2.44. The summed E-state index contributed by atoms with van der Waals surface area (Å²) in [5.41, 5.74) is 2.73. The molecule has 0 spiro atoms. The number of ketones is 1. The Morgan fingerprint density at radius 1 is 0.919 bits per heavy atom. The number of carbonyl (C=O) groups is 2. The molecule has 1 N–H and O–H groups in total. The van der Waals surface area contributed by atoms with Crippen molar-refractivity contribution in [2.75, 3.05) is 11.7 Å². The summed E-state index contributed by atoms with van der Waals surface area (Å²) in [5.74, 6) is 0.287. The van der Waals surface area contributed by atoms with Crippen molar-refractivity contribution in [3.63, 3.8) is 0 Å². The predicted octanol–water partition coefficient (Wildman–Crippen LogP) is 5.95. The van der Waals surface area contributed by atoms with Gasteiger partial charge in [-0.15, -0.1) is 0 Å². The van der Waals surface area contributed by atoms with Crippen LogP contribution in [0.25, 0.3) is 5.76 Å². The van der Waals surface area contributed by atoms with Crippen LogP contribution in [-0.2, 0) is 9.59 Å². The first-order valence-corrected chi connectivity index (χ1v) is 12.3. The first kappa shape index (κ1) is 24.4. The predicted molar refractivity (Wildman–Crippen MR) is 140 cm³/mol. The Bertz CT molecular complexity index is 1370. The molecule has 0 aromatic heterocycles. The van der Waals surface area contributed by atoms with Gasteiger partial charge in [0.05, 0.1) is 17.7 Å². The van der Waals surface area contributed by atoms with Crippen LogP contribution in [0.1, 0.15) is 56.3 Å². The second-order valence-corrected chi connectivity index (χ2v) is 9.72. The van der Waals surface area contributed by atoms with Crippen molar-refractivity contribution in [2.24, 2.45) is 0 Å². The van der Waals surface area contributed by atoms with E-state index in [1.54, 1.807) is 30.3 Å². The van der Waals surface area contributed by atoms with Crippen LogP contribution in [0.2, 0.25) is 0 Å². The summed E-state index contributed by atoms with van der Waals surface area (Å²) in [7, 11) is 0. The number of fused-ring (bicyclic) bond motifs is 1. The van der Waals surface area contributed by atoms with E-state index < -0.39 is 17.7 Å². The minimum absolute atomic E-state index is 0.00182. The Morgan fingerprint density at radius 3 is 2.24 bits per heavy atom. The molecule has 5 rings (SSSR count). The maximum absolute atomic E-state index is 13.4. The van der Waals surface area contributed by atoms with E-state index in [2.05, 4.69) is 13.8 Å². The monoisotopic (exact) mass is 499 g/mol. The largest absolute Gasteiger partial charge is 0.507 e. The van der Waals surface area contributed by atoms with E-state index in [0.717, 1.165) is 5.56 Å². The van der Waals surface area contributed by atoms with Crippen molar-refractivity contribution in [2.45, 2.75) is 45.8 Å². The molecule has 2 heterocycles. The number of Topliss-reactive ketones (excluding diaryl/α,β-unsaturated/α-hetero) is 1. The first-order valence-electron chi connectivity index (χ1n) is 12.3. The third-order valence-corrected chi connectivity index (χ3v) is 6.50. The molecule has 1 fully saturated rings. The summed E-state index contributed by atoms with van der Waals surface area (Å²) in [6, 6.07) is 18.9. The van der Waals surface area contributed by atoms with Crippen LogP contribution in [0.5, 0.6) is 17.2 Å². The molecule has 3 aromatic rings. The molecule has 7 heteroatoms. The van der Waals surface area contributed by atoms with Crippen molar-refractivity contribution < 1.29 is 28.9 Å². The van der Waals surface area contributed by atoms with Gasteiger partial charge in [0.1, 0.15) is 11.5 Å². The van der Waals surface area contributed by atoms with Crippen molar-refractivity contribution in [3.05, 3.63) is 89.0 Å². The average Bonchev–Trinajstić information content (AvgIpc) is 3.46. The SMILES string of the molecule is CC(C)Oc1ccc(C2/C(=C(/O)c3ccc4c(c3)OCO4)C(=O)C(=O)N2c2ccc(C(C)C)cc2)cc1. The Morgan fingerprint density at radius 2 is 1.59 bits per heavy atom. The number of aliphatic hydroxyl groups is 1. The van der Waals surface area contributed by atoms with Crippen LogP contribution in [0.4, 0.5) is 5.69 Å². The van der Waals surface area contributed by atoms with E-state index >= 15 is 0 Å². The number of hydrogen-bond acceptors (Lipinski definition) is 6. The van der Waals surface area contributed by atoms with Gasteiger partial charge >= 0.3 is 0 Å². The summed E-state index contributed by atoms with van der Waals surface area (Å²) in [4.78, 5) is 28.3. The van der Waals surface area contributed by atoms with Crippen LogP contribution < -0.4 is 19.1 Å². The topological polar surface area (TPSA) is 85.3 Å². The van der Waals surface area contributed by atoms with E-state index in [1.807, 2.05) is 50.2 Å². The number of anilines is 1. The number of amides is 1. The van der Waals surface area contributed by atoms with E-state index in [4.69, 9.17) is 14.2 Å². The number of hydrogen-bond donors (Lipinski definition) is 1. The van der Waals surface area contributed by atoms with Gasteiger partial charge < -0.3 is 19.3 Å². The number of ether oxygens (including phenoxy) is 3. The van der Waals surface area contributed by atoms with E-state index in [9.17, 15) is 14.7 Å². The van der Waals surface area contributed by atoms with Crippen molar-refractivity contribution in [1.29, 1.82) is 0 Å². The molecular weight excluding hydrogens is 470 g/mol. The van der Waals surface area contributed by atoms with Crippen molar-refractivity contribution in [3.8, 4) is 17.2 Å². The maximum atomic E-state index is 13.4. The lowest BCUT2D eigenvalue weighted by molar-refractivity contribution is -0.132. The lowest BCUT2D eigenvalue weighted by Crippen LogP contribution is -2.29. The van der Waals surface area contributed by atoms with Gasteiger partial charge in [-0.1, -0.05) is 38.1 Å².